The SMILES string of the molecule is CC(C(=O)Nc1ccc2ccccc2c1)N1CCN(C(=O)c2ccccc2OC(F)F)CC1. The van der Waals surface area contributed by atoms with Gasteiger partial charge in [0.05, 0.1) is 11.6 Å². The lowest BCUT2D eigenvalue weighted by atomic mass is 10.1. The van der Waals surface area contributed by atoms with Crippen molar-refractivity contribution in [3.63, 3.8) is 0 Å². The van der Waals surface area contributed by atoms with Crippen molar-refractivity contribution in [3.05, 3.63) is 72.3 Å². The van der Waals surface area contributed by atoms with Gasteiger partial charge in [0.25, 0.3) is 5.91 Å². The van der Waals surface area contributed by atoms with E-state index in [0.717, 1.165) is 16.5 Å². The Balaban J connectivity index is 1.35. The van der Waals surface area contributed by atoms with E-state index in [2.05, 4.69) is 10.1 Å². The van der Waals surface area contributed by atoms with E-state index in [4.69, 9.17) is 0 Å². The van der Waals surface area contributed by atoms with E-state index < -0.39 is 6.61 Å². The summed E-state index contributed by atoms with van der Waals surface area (Å²) in [6.45, 7) is 0.592. The lowest BCUT2D eigenvalue weighted by molar-refractivity contribution is -0.121. The molecule has 0 aromatic heterocycles. The fourth-order valence-electron chi connectivity index (χ4n) is 4.00. The first-order chi connectivity index (χ1) is 15.9. The normalized spacial score (nSPS) is 15.5. The van der Waals surface area contributed by atoms with Crippen molar-refractivity contribution in [2.75, 3.05) is 31.5 Å². The van der Waals surface area contributed by atoms with Gasteiger partial charge >= 0.3 is 6.61 Å². The van der Waals surface area contributed by atoms with Gasteiger partial charge in [-0.2, -0.15) is 8.78 Å². The molecular weight excluding hydrogens is 428 g/mol. The van der Waals surface area contributed by atoms with Crippen LogP contribution in [0.4, 0.5) is 14.5 Å². The highest BCUT2D eigenvalue weighted by atomic mass is 19.3. The maximum absolute atomic E-state index is 12.9. The molecule has 1 fully saturated rings. The van der Waals surface area contributed by atoms with Crippen LogP contribution >= 0.6 is 0 Å². The molecule has 33 heavy (non-hydrogen) atoms. The zero-order chi connectivity index (χ0) is 23.4. The monoisotopic (exact) mass is 453 g/mol. The predicted molar refractivity (Wildman–Crippen MR) is 123 cm³/mol. The van der Waals surface area contributed by atoms with Crippen LogP contribution in [0.3, 0.4) is 0 Å². The molecule has 1 saturated heterocycles. The molecule has 3 aromatic carbocycles. The fraction of sp³-hybridized carbons (Fsp3) is 0.280. The molecule has 0 spiro atoms. The van der Waals surface area contributed by atoms with Crippen LogP contribution in [-0.2, 0) is 4.79 Å². The summed E-state index contributed by atoms with van der Waals surface area (Å²) in [5.74, 6) is -0.622. The maximum Gasteiger partial charge on any atom is 0.387 e. The minimum Gasteiger partial charge on any atom is -0.434 e. The molecule has 172 valence electrons. The molecule has 3 aromatic rings. The zero-order valence-electron chi connectivity index (χ0n) is 18.2. The first-order valence-electron chi connectivity index (χ1n) is 10.8. The Hall–Kier alpha value is -3.52. The van der Waals surface area contributed by atoms with E-state index in [-0.39, 0.29) is 29.2 Å². The molecule has 4 rings (SSSR count). The Kier molecular flexibility index (Phi) is 6.84. The van der Waals surface area contributed by atoms with Crippen molar-refractivity contribution in [2.45, 2.75) is 19.6 Å². The van der Waals surface area contributed by atoms with Crippen molar-refractivity contribution in [3.8, 4) is 5.75 Å². The largest absolute Gasteiger partial charge is 0.434 e. The quantitative estimate of drug-likeness (QED) is 0.607. The number of hydrogen-bond acceptors (Lipinski definition) is 4. The molecule has 0 bridgehead atoms. The van der Waals surface area contributed by atoms with E-state index in [1.807, 2.05) is 54.3 Å². The van der Waals surface area contributed by atoms with Crippen LogP contribution in [0.25, 0.3) is 10.8 Å². The summed E-state index contributed by atoms with van der Waals surface area (Å²) in [4.78, 5) is 29.3. The molecule has 1 N–H and O–H groups in total. The number of alkyl halides is 2. The van der Waals surface area contributed by atoms with E-state index in [9.17, 15) is 18.4 Å². The van der Waals surface area contributed by atoms with Crippen molar-refractivity contribution in [1.82, 2.24) is 9.80 Å². The molecule has 1 heterocycles. The van der Waals surface area contributed by atoms with E-state index >= 15 is 0 Å². The Morgan fingerprint density at radius 2 is 1.58 bits per heavy atom. The second-order valence-corrected chi connectivity index (χ2v) is 7.93. The third-order valence-electron chi connectivity index (χ3n) is 5.88. The number of rotatable bonds is 6. The van der Waals surface area contributed by atoms with Gasteiger partial charge in [-0.25, -0.2) is 0 Å². The van der Waals surface area contributed by atoms with Crippen LogP contribution in [0.15, 0.2) is 66.7 Å². The van der Waals surface area contributed by atoms with Crippen LogP contribution in [0, 0.1) is 0 Å². The van der Waals surface area contributed by atoms with Gasteiger partial charge in [-0.05, 0) is 42.0 Å². The molecular formula is C25H25F2N3O3. The average Bonchev–Trinajstić information content (AvgIpc) is 2.83. The molecule has 6 nitrogen and oxygen atoms in total. The van der Waals surface area contributed by atoms with E-state index in [0.29, 0.717) is 26.2 Å². The average molecular weight is 453 g/mol. The Bertz CT molecular complexity index is 1150. The highest BCUT2D eigenvalue weighted by Gasteiger charge is 2.29. The molecule has 1 aliphatic heterocycles. The third-order valence-corrected chi connectivity index (χ3v) is 5.88. The first-order valence-corrected chi connectivity index (χ1v) is 10.8. The van der Waals surface area contributed by atoms with Gasteiger partial charge in [0.15, 0.2) is 0 Å². The number of hydrogen-bond donors (Lipinski definition) is 1. The van der Waals surface area contributed by atoms with E-state index in [1.54, 1.807) is 17.0 Å². The molecule has 1 atom stereocenters. The van der Waals surface area contributed by atoms with Gasteiger partial charge in [0.2, 0.25) is 5.91 Å². The molecule has 1 unspecified atom stereocenters. The lowest BCUT2D eigenvalue weighted by Gasteiger charge is -2.37. The van der Waals surface area contributed by atoms with Crippen LogP contribution in [0.1, 0.15) is 17.3 Å². The number of ether oxygens (including phenoxy) is 1. The molecule has 0 saturated carbocycles. The highest BCUT2D eigenvalue weighted by Crippen LogP contribution is 2.23. The minimum absolute atomic E-state index is 0.105. The van der Waals surface area contributed by atoms with Gasteiger partial charge < -0.3 is 15.0 Å². The van der Waals surface area contributed by atoms with Gasteiger partial charge in [-0.3, -0.25) is 14.5 Å². The van der Waals surface area contributed by atoms with Crippen molar-refractivity contribution < 1.29 is 23.1 Å². The summed E-state index contributed by atoms with van der Waals surface area (Å²) in [7, 11) is 0. The molecule has 0 radical (unpaired) electrons. The standard InChI is InChI=1S/C25H25F2N3O3/c1-17(23(31)28-20-11-10-18-6-2-3-7-19(18)16-20)29-12-14-30(15-13-29)24(32)21-8-4-5-9-22(21)33-25(26)27/h2-11,16-17,25H,12-15H2,1H3,(H,28,31). The van der Waals surface area contributed by atoms with Crippen molar-refractivity contribution >= 4 is 28.3 Å². The minimum atomic E-state index is -3.00. The van der Waals surface area contributed by atoms with Gasteiger partial charge in [0, 0.05) is 31.9 Å². The maximum atomic E-state index is 12.9. The second kappa shape index (κ2) is 9.95. The summed E-state index contributed by atoms with van der Waals surface area (Å²) in [5.41, 5.74) is 0.836. The van der Waals surface area contributed by atoms with Crippen LogP contribution < -0.4 is 10.1 Å². The Morgan fingerprint density at radius 3 is 2.30 bits per heavy atom. The fourth-order valence-corrected chi connectivity index (χ4v) is 4.00. The lowest BCUT2D eigenvalue weighted by Crippen LogP contribution is -2.54. The number of carbonyl (C=O) groups excluding carboxylic acids is 2. The number of benzene rings is 3. The number of carbonyl (C=O) groups is 2. The van der Waals surface area contributed by atoms with Gasteiger partial charge in [0.1, 0.15) is 5.75 Å². The molecule has 0 aliphatic carbocycles. The number of nitrogens with one attached hydrogen (secondary N) is 1. The molecule has 1 aliphatic rings. The topological polar surface area (TPSA) is 61.9 Å². The molecule has 2 amide bonds. The van der Waals surface area contributed by atoms with Gasteiger partial charge in [-0.15, -0.1) is 0 Å². The summed E-state index contributed by atoms with van der Waals surface area (Å²) in [5, 5.41) is 5.12. The van der Waals surface area contributed by atoms with E-state index in [1.165, 1.54) is 12.1 Å². The number of nitrogens with zero attached hydrogens (tertiary/aromatic N) is 2. The first kappa shape index (κ1) is 22.7. The summed E-state index contributed by atoms with van der Waals surface area (Å²) in [6.07, 6.45) is 0. The number of fused-ring (bicyclic) bond motifs is 1. The van der Waals surface area contributed by atoms with Crippen LogP contribution in [0.5, 0.6) is 5.75 Å². The van der Waals surface area contributed by atoms with Gasteiger partial charge in [-0.1, -0.05) is 42.5 Å². The third kappa shape index (κ3) is 5.28. The van der Waals surface area contributed by atoms with Crippen molar-refractivity contribution in [1.29, 1.82) is 0 Å². The molecule has 8 heteroatoms. The Morgan fingerprint density at radius 1 is 0.909 bits per heavy atom. The summed E-state index contributed by atoms with van der Waals surface area (Å²) in [6, 6.07) is 19.3. The predicted octanol–water partition coefficient (Wildman–Crippen LogP) is 4.23. The summed E-state index contributed by atoms with van der Waals surface area (Å²) >= 11 is 0. The van der Waals surface area contributed by atoms with Crippen LogP contribution in [-0.4, -0.2) is 60.4 Å². The number of piperazine rings is 1. The zero-order valence-corrected chi connectivity index (χ0v) is 18.2. The highest BCUT2D eigenvalue weighted by molar-refractivity contribution is 5.98. The smallest absolute Gasteiger partial charge is 0.387 e. The van der Waals surface area contributed by atoms with Crippen molar-refractivity contribution in [2.24, 2.45) is 0 Å². The number of halogens is 2. The Labute approximate surface area is 190 Å². The number of para-hydroxylation sites is 1. The van der Waals surface area contributed by atoms with Crippen LogP contribution in [0.2, 0.25) is 0 Å². The second-order valence-electron chi connectivity index (χ2n) is 7.93. The number of amides is 2. The summed E-state index contributed by atoms with van der Waals surface area (Å²) < 4.78 is 29.8. The number of anilines is 1.